The van der Waals surface area contributed by atoms with Crippen LogP contribution in [0.4, 0.5) is 0 Å². The van der Waals surface area contributed by atoms with Gasteiger partial charge in [-0.25, -0.2) is 4.98 Å². The van der Waals surface area contributed by atoms with Crippen molar-refractivity contribution in [2.75, 3.05) is 13.2 Å². The van der Waals surface area contributed by atoms with Crippen molar-refractivity contribution >= 4 is 22.6 Å². The number of aldehydes is 1. The zero-order valence-electron chi connectivity index (χ0n) is 14.6. The van der Waals surface area contributed by atoms with Crippen molar-refractivity contribution in [3.05, 3.63) is 59.1 Å². The Morgan fingerprint density at radius 3 is 2.56 bits per heavy atom. The summed E-state index contributed by atoms with van der Waals surface area (Å²) in [6.07, 6.45) is 0.872. The first kappa shape index (κ1) is 16.1. The summed E-state index contributed by atoms with van der Waals surface area (Å²) in [5.41, 5.74) is 5.26. The van der Waals surface area contributed by atoms with Gasteiger partial charge in [-0.1, -0.05) is 29.8 Å². The number of hydrogen-bond acceptors (Lipinski definition) is 5. The van der Waals surface area contributed by atoms with E-state index >= 15 is 0 Å². The molecular formula is C21H16N2O3S. The van der Waals surface area contributed by atoms with Gasteiger partial charge in [-0.15, -0.1) is 11.3 Å². The molecule has 6 heteroatoms. The maximum atomic E-state index is 12.0. The Bertz CT molecular complexity index is 1160. The minimum absolute atomic E-state index is 0.521. The molecule has 1 aliphatic rings. The average Bonchev–Trinajstić information content (AvgIpc) is 3.27. The molecule has 0 unspecified atom stereocenters. The van der Waals surface area contributed by atoms with Crippen molar-refractivity contribution in [3.8, 4) is 34.0 Å². The number of rotatable bonds is 3. The van der Waals surface area contributed by atoms with E-state index < -0.39 is 0 Å². The first-order valence-corrected chi connectivity index (χ1v) is 9.55. The average molecular weight is 376 g/mol. The quantitative estimate of drug-likeness (QED) is 0.490. The summed E-state index contributed by atoms with van der Waals surface area (Å²) >= 11 is 1.52. The smallest absolute Gasteiger partial charge is 0.195 e. The van der Waals surface area contributed by atoms with Crippen LogP contribution in [0.5, 0.6) is 11.5 Å². The second-order valence-corrected chi connectivity index (χ2v) is 7.26. The van der Waals surface area contributed by atoms with Gasteiger partial charge in [0.05, 0.1) is 5.69 Å². The fourth-order valence-electron chi connectivity index (χ4n) is 3.32. The highest BCUT2D eigenvalue weighted by Crippen LogP contribution is 2.37. The third-order valence-corrected chi connectivity index (χ3v) is 5.50. The monoisotopic (exact) mass is 376 g/mol. The molecule has 0 saturated carbocycles. The van der Waals surface area contributed by atoms with Crippen molar-refractivity contribution in [1.82, 2.24) is 9.38 Å². The molecule has 0 bridgehead atoms. The normalized spacial score (nSPS) is 13.1. The van der Waals surface area contributed by atoms with Gasteiger partial charge in [0.1, 0.15) is 24.6 Å². The predicted octanol–water partition coefficient (Wildman–Crippen LogP) is 4.62. The molecule has 5 rings (SSSR count). The number of carbonyl (C=O) groups excluding carboxylic acids is 1. The number of thiazole rings is 1. The predicted molar refractivity (Wildman–Crippen MR) is 105 cm³/mol. The van der Waals surface area contributed by atoms with E-state index in [0.29, 0.717) is 30.4 Å². The number of aromatic nitrogens is 2. The summed E-state index contributed by atoms with van der Waals surface area (Å²) in [5, 5.41) is 2.04. The highest BCUT2D eigenvalue weighted by atomic mass is 32.1. The fourth-order valence-corrected chi connectivity index (χ4v) is 4.22. The summed E-state index contributed by atoms with van der Waals surface area (Å²) in [4.78, 5) is 17.5. The van der Waals surface area contributed by atoms with E-state index in [4.69, 9.17) is 14.5 Å². The van der Waals surface area contributed by atoms with Gasteiger partial charge in [-0.2, -0.15) is 0 Å². The molecular weight excluding hydrogens is 360 g/mol. The molecule has 1 aliphatic heterocycles. The highest BCUT2D eigenvalue weighted by Gasteiger charge is 2.20. The van der Waals surface area contributed by atoms with Crippen LogP contribution in [0.2, 0.25) is 0 Å². The van der Waals surface area contributed by atoms with Gasteiger partial charge >= 0.3 is 0 Å². The van der Waals surface area contributed by atoms with Crippen LogP contribution in [0, 0.1) is 6.92 Å². The lowest BCUT2D eigenvalue weighted by atomic mass is 10.1. The number of hydrogen-bond donors (Lipinski definition) is 0. The molecule has 0 spiro atoms. The van der Waals surface area contributed by atoms with Gasteiger partial charge in [0, 0.05) is 10.9 Å². The molecule has 0 fully saturated rings. The van der Waals surface area contributed by atoms with E-state index in [2.05, 4.69) is 31.2 Å². The Labute approximate surface area is 159 Å². The van der Waals surface area contributed by atoms with Gasteiger partial charge in [-0.3, -0.25) is 9.20 Å². The molecule has 27 heavy (non-hydrogen) atoms. The van der Waals surface area contributed by atoms with Crippen LogP contribution in [0.15, 0.2) is 47.8 Å². The minimum atomic E-state index is 0.521. The molecule has 0 atom stereocenters. The number of fused-ring (bicyclic) bond motifs is 2. The second-order valence-electron chi connectivity index (χ2n) is 6.43. The van der Waals surface area contributed by atoms with Crippen molar-refractivity contribution in [2.45, 2.75) is 6.92 Å². The van der Waals surface area contributed by atoms with E-state index in [1.165, 1.54) is 16.9 Å². The lowest BCUT2D eigenvalue weighted by Crippen LogP contribution is -2.15. The van der Waals surface area contributed by atoms with Gasteiger partial charge in [-0.05, 0) is 30.7 Å². The zero-order valence-corrected chi connectivity index (χ0v) is 15.5. The zero-order chi connectivity index (χ0) is 18.4. The maximum absolute atomic E-state index is 12.0. The molecule has 2 aromatic heterocycles. The van der Waals surface area contributed by atoms with E-state index in [1.807, 2.05) is 28.0 Å². The molecule has 4 aromatic rings. The largest absolute Gasteiger partial charge is 0.486 e. The van der Waals surface area contributed by atoms with Gasteiger partial charge < -0.3 is 9.47 Å². The van der Waals surface area contributed by atoms with Crippen LogP contribution in [0.3, 0.4) is 0 Å². The molecule has 0 N–H and O–H groups in total. The lowest BCUT2D eigenvalue weighted by molar-refractivity contribution is 0.111. The van der Waals surface area contributed by atoms with Crippen molar-refractivity contribution < 1.29 is 14.3 Å². The molecule has 2 aromatic carbocycles. The third kappa shape index (κ3) is 2.61. The second kappa shape index (κ2) is 6.25. The molecule has 0 radical (unpaired) electrons. The summed E-state index contributed by atoms with van der Waals surface area (Å²) < 4.78 is 13.2. The Hall–Kier alpha value is -3.12. The van der Waals surface area contributed by atoms with Crippen LogP contribution in [0.25, 0.3) is 27.5 Å². The Balaban J connectivity index is 1.68. The van der Waals surface area contributed by atoms with Crippen LogP contribution >= 0.6 is 11.3 Å². The van der Waals surface area contributed by atoms with Crippen molar-refractivity contribution in [2.24, 2.45) is 0 Å². The third-order valence-electron chi connectivity index (χ3n) is 4.67. The van der Waals surface area contributed by atoms with Gasteiger partial charge in [0.15, 0.2) is 22.7 Å². The topological polar surface area (TPSA) is 52.8 Å². The maximum Gasteiger partial charge on any atom is 0.195 e. The van der Waals surface area contributed by atoms with Crippen LogP contribution in [-0.4, -0.2) is 28.9 Å². The fraction of sp³-hybridized carbons (Fsp3) is 0.143. The van der Waals surface area contributed by atoms with Gasteiger partial charge in [0.2, 0.25) is 0 Å². The molecule has 0 aliphatic carbocycles. The first-order chi connectivity index (χ1) is 13.2. The number of aryl methyl sites for hydroxylation is 1. The number of benzene rings is 2. The Kier molecular flexibility index (Phi) is 3.72. The SMILES string of the molecule is Cc1ccc(-c2csc3nc(-c4ccc5c(c4)OCCO5)c(C=O)n23)cc1. The Morgan fingerprint density at radius 1 is 1.04 bits per heavy atom. The summed E-state index contributed by atoms with van der Waals surface area (Å²) in [5.74, 6) is 1.41. The summed E-state index contributed by atoms with van der Waals surface area (Å²) in [6, 6.07) is 13.9. The summed E-state index contributed by atoms with van der Waals surface area (Å²) in [6.45, 7) is 3.12. The van der Waals surface area contributed by atoms with Crippen LogP contribution in [0.1, 0.15) is 16.1 Å². The number of carbonyl (C=O) groups is 1. The van der Waals surface area contributed by atoms with Crippen LogP contribution < -0.4 is 9.47 Å². The lowest BCUT2D eigenvalue weighted by Gasteiger charge is -2.18. The number of nitrogens with zero attached hydrogens (tertiary/aromatic N) is 2. The molecule has 0 saturated heterocycles. The summed E-state index contributed by atoms with van der Waals surface area (Å²) in [7, 11) is 0. The Morgan fingerprint density at radius 2 is 1.78 bits per heavy atom. The molecule has 5 nitrogen and oxygen atoms in total. The van der Waals surface area contributed by atoms with Crippen LogP contribution in [-0.2, 0) is 0 Å². The minimum Gasteiger partial charge on any atom is -0.486 e. The van der Waals surface area contributed by atoms with Gasteiger partial charge in [0.25, 0.3) is 0 Å². The van der Waals surface area contributed by atoms with E-state index in [1.54, 1.807) is 0 Å². The standard InChI is InChI=1S/C21H16N2O3S/c1-13-2-4-14(5-3-13)17-12-27-21-22-20(16(11-24)23(17)21)15-6-7-18-19(10-15)26-9-8-25-18/h2-7,10-12H,8-9H2,1H3. The van der Waals surface area contributed by atoms with E-state index in [-0.39, 0.29) is 0 Å². The van der Waals surface area contributed by atoms with Crippen molar-refractivity contribution in [1.29, 1.82) is 0 Å². The molecule has 3 heterocycles. The molecule has 134 valence electrons. The molecule has 0 amide bonds. The van der Waals surface area contributed by atoms with E-state index in [9.17, 15) is 4.79 Å². The van der Waals surface area contributed by atoms with Crippen molar-refractivity contribution in [3.63, 3.8) is 0 Å². The van der Waals surface area contributed by atoms with E-state index in [0.717, 1.165) is 33.8 Å². The number of imidazole rings is 1. The first-order valence-electron chi connectivity index (χ1n) is 8.67. The number of ether oxygens (including phenoxy) is 2. The highest BCUT2D eigenvalue weighted by molar-refractivity contribution is 7.15.